The second kappa shape index (κ2) is 4.52. The van der Waals surface area contributed by atoms with E-state index in [1.165, 1.54) is 11.8 Å². The van der Waals surface area contributed by atoms with Gasteiger partial charge in [-0.25, -0.2) is 9.37 Å². The number of hydrogen-bond donors (Lipinski definition) is 1. The minimum absolute atomic E-state index is 0.0262. The first-order chi connectivity index (χ1) is 11.3. The lowest BCUT2D eigenvalue weighted by Crippen LogP contribution is -2.31. The lowest BCUT2D eigenvalue weighted by atomic mass is 9.83. The van der Waals surface area contributed by atoms with Crippen LogP contribution in [0, 0.1) is 11.7 Å². The van der Waals surface area contributed by atoms with Crippen LogP contribution in [0.5, 0.6) is 0 Å². The molecular formula is C17H15FN4O. The summed E-state index contributed by atoms with van der Waals surface area (Å²) in [6, 6.07) is 8.14. The highest BCUT2D eigenvalue weighted by Crippen LogP contribution is 2.48. The number of rotatable bonds is 1. The van der Waals surface area contributed by atoms with Gasteiger partial charge in [-0.05, 0) is 12.0 Å². The third kappa shape index (κ3) is 1.64. The SMILES string of the molecule is O[C@H]1c2c(F)cnn2CC[C@H]1[C@H]1c2ccccc2-c2cncn21. The van der Waals surface area contributed by atoms with Gasteiger partial charge in [-0.1, -0.05) is 24.3 Å². The van der Waals surface area contributed by atoms with Gasteiger partial charge in [0.25, 0.3) is 0 Å². The molecule has 0 fully saturated rings. The minimum atomic E-state index is -0.877. The first kappa shape index (κ1) is 13.0. The highest BCUT2D eigenvalue weighted by molar-refractivity contribution is 5.69. The second-order valence-electron chi connectivity index (χ2n) is 6.22. The highest BCUT2D eigenvalue weighted by Gasteiger charge is 2.42. The summed E-state index contributed by atoms with van der Waals surface area (Å²) in [5.74, 6) is -0.537. The van der Waals surface area contributed by atoms with Gasteiger partial charge in [-0.15, -0.1) is 0 Å². The summed E-state index contributed by atoms with van der Waals surface area (Å²) in [4.78, 5) is 4.25. The van der Waals surface area contributed by atoms with Crippen LogP contribution in [0.15, 0.2) is 43.0 Å². The molecule has 2 aliphatic rings. The average Bonchev–Trinajstić information content (AvgIpc) is 3.23. The number of imidazole rings is 1. The Balaban J connectivity index is 1.65. The summed E-state index contributed by atoms with van der Waals surface area (Å²) < 4.78 is 17.7. The topological polar surface area (TPSA) is 55.9 Å². The van der Waals surface area contributed by atoms with Crippen molar-refractivity contribution in [2.24, 2.45) is 5.92 Å². The number of nitrogens with zero attached hydrogens (tertiary/aromatic N) is 4. The molecule has 0 spiro atoms. The molecule has 0 amide bonds. The maximum atomic E-state index is 14.0. The van der Waals surface area contributed by atoms with E-state index in [2.05, 4.69) is 26.8 Å². The molecule has 0 unspecified atom stereocenters. The number of hydrogen-bond acceptors (Lipinski definition) is 3. The Morgan fingerprint density at radius 2 is 2.09 bits per heavy atom. The fraction of sp³-hybridized carbons (Fsp3) is 0.294. The van der Waals surface area contributed by atoms with E-state index in [1.807, 2.05) is 18.3 Å². The van der Waals surface area contributed by atoms with Gasteiger partial charge < -0.3 is 9.67 Å². The number of benzene rings is 1. The lowest BCUT2D eigenvalue weighted by molar-refractivity contribution is 0.0492. The monoisotopic (exact) mass is 310 g/mol. The van der Waals surface area contributed by atoms with Crippen molar-refractivity contribution in [2.45, 2.75) is 25.1 Å². The van der Waals surface area contributed by atoms with Gasteiger partial charge in [0.05, 0.1) is 30.5 Å². The zero-order valence-corrected chi connectivity index (χ0v) is 12.3. The molecule has 2 aromatic heterocycles. The molecule has 0 saturated heterocycles. The number of aliphatic hydroxyl groups is 1. The van der Waals surface area contributed by atoms with Crippen molar-refractivity contribution in [3.8, 4) is 11.3 Å². The molecule has 2 aliphatic heterocycles. The Bertz CT molecular complexity index is 900. The van der Waals surface area contributed by atoms with Crippen LogP contribution in [-0.2, 0) is 6.54 Å². The second-order valence-corrected chi connectivity index (χ2v) is 6.22. The molecular weight excluding hydrogens is 295 g/mol. The molecule has 116 valence electrons. The average molecular weight is 310 g/mol. The molecule has 0 aliphatic carbocycles. The van der Waals surface area contributed by atoms with Crippen LogP contribution in [0.25, 0.3) is 11.3 Å². The van der Waals surface area contributed by atoms with Gasteiger partial charge in [-0.3, -0.25) is 4.68 Å². The fourth-order valence-electron chi connectivity index (χ4n) is 4.12. The molecule has 1 N–H and O–H groups in total. The summed E-state index contributed by atoms with van der Waals surface area (Å²) >= 11 is 0. The van der Waals surface area contributed by atoms with Crippen LogP contribution in [0.1, 0.15) is 29.8 Å². The van der Waals surface area contributed by atoms with Crippen molar-refractivity contribution in [3.05, 3.63) is 60.1 Å². The molecule has 0 radical (unpaired) electrons. The largest absolute Gasteiger partial charge is 0.386 e. The van der Waals surface area contributed by atoms with Crippen LogP contribution in [0.3, 0.4) is 0 Å². The standard InChI is InChI=1S/C17H15FN4O/c18-13-7-20-22-6-5-12(17(23)16(13)22)15-11-4-2-1-3-10(11)14-8-19-9-21(14)15/h1-4,7-9,12,15,17,23H,5-6H2/t12-,15+,17+/m0/s1. The van der Waals surface area contributed by atoms with E-state index in [-0.39, 0.29) is 12.0 Å². The molecule has 0 bridgehead atoms. The van der Waals surface area contributed by atoms with E-state index >= 15 is 0 Å². The van der Waals surface area contributed by atoms with Crippen molar-refractivity contribution < 1.29 is 9.50 Å². The highest BCUT2D eigenvalue weighted by atomic mass is 19.1. The quantitative estimate of drug-likeness (QED) is 0.751. The molecule has 3 atom stereocenters. The summed E-state index contributed by atoms with van der Waals surface area (Å²) in [6.45, 7) is 0.615. The predicted octanol–water partition coefficient (Wildman–Crippen LogP) is 2.54. The molecule has 3 aromatic rings. The number of aliphatic hydroxyl groups excluding tert-OH is 1. The Kier molecular flexibility index (Phi) is 2.56. The van der Waals surface area contributed by atoms with E-state index in [0.29, 0.717) is 12.2 Å². The molecule has 5 nitrogen and oxygen atoms in total. The Labute approximate surface area is 132 Å². The van der Waals surface area contributed by atoms with Crippen molar-refractivity contribution >= 4 is 0 Å². The van der Waals surface area contributed by atoms with Crippen LogP contribution in [-0.4, -0.2) is 24.4 Å². The first-order valence-corrected chi connectivity index (χ1v) is 7.76. The molecule has 1 aromatic carbocycles. The maximum Gasteiger partial charge on any atom is 0.166 e. The van der Waals surface area contributed by atoms with Crippen LogP contribution in [0.4, 0.5) is 4.39 Å². The summed E-state index contributed by atoms with van der Waals surface area (Å²) in [6.07, 6.45) is 4.70. The Hall–Kier alpha value is -2.47. The lowest BCUT2D eigenvalue weighted by Gasteiger charge is -2.34. The maximum absolute atomic E-state index is 14.0. The number of aromatic nitrogens is 4. The summed E-state index contributed by atoms with van der Waals surface area (Å²) in [7, 11) is 0. The van der Waals surface area contributed by atoms with Crippen LogP contribution < -0.4 is 0 Å². The fourth-order valence-corrected chi connectivity index (χ4v) is 4.12. The molecule has 23 heavy (non-hydrogen) atoms. The molecule has 6 heteroatoms. The third-order valence-electron chi connectivity index (χ3n) is 5.12. The first-order valence-electron chi connectivity index (χ1n) is 7.76. The summed E-state index contributed by atoms with van der Waals surface area (Å²) in [5, 5.41) is 14.8. The van der Waals surface area contributed by atoms with Gasteiger partial charge in [0.15, 0.2) is 5.82 Å². The van der Waals surface area contributed by atoms with Crippen molar-refractivity contribution in [1.82, 2.24) is 19.3 Å². The van der Waals surface area contributed by atoms with E-state index in [9.17, 15) is 9.50 Å². The van der Waals surface area contributed by atoms with Gasteiger partial charge in [0, 0.05) is 18.0 Å². The molecule has 0 saturated carbocycles. The van der Waals surface area contributed by atoms with E-state index in [4.69, 9.17) is 0 Å². The Morgan fingerprint density at radius 1 is 1.22 bits per heavy atom. The van der Waals surface area contributed by atoms with Crippen molar-refractivity contribution in [3.63, 3.8) is 0 Å². The Morgan fingerprint density at radius 3 is 3.00 bits per heavy atom. The number of fused-ring (bicyclic) bond motifs is 4. The van der Waals surface area contributed by atoms with E-state index < -0.39 is 11.9 Å². The number of aryl methyl sites for hydroxylation is 1. The van der Waals surface area contributed by atoms with E-state index in [1.54, 1.807) is 11.0 Å². The number of halogens is 1. The van der Waals surface area contributed by atoms with Gasteiger partial charge in [0.2, 0.25) is 0 Å². The van der Waals surface area contributed by atoms with Gasteiger partial charge in [-0.2, -0.15) is 5.10 Å². The normalized spacial score (nSPS) is 25.0. The van der Waals surface area contributed by atoms with Crippen molar-refractivity contribution in [2.75, 3.05) is 0 Å². The zero-order valence-electron chi connectivity index (χ0n) is 12.3. The summed E-state index contributed by atoms with van der Waals surface area (Å²) in [5.41, 5.74) is 3.66. The smallest absolute Gasteiger partial charge is 0.166 e. The molecule has 5 rings (SSSR count). The predicted molar refractivity (Wildman–Crippen MR) is 81.1 cm³/mol. The van der Waals surface area contributed by atoms with E-state index in [0.717, 1.165) is 17.7 Å². The van der Waals surface area contributed by atoms with Crippen LogP contribution >= 0.6 is 0 Å². The van der Waals surface area contributed by atoms with Crippen molar-refractivity contribution in [1.29, 1.82) is 0 Å². The van der Waals surface area contributed by atoms with Crippen LogP contribution in [0.2, 0.25) is 0 Å². The van der Waals surface area contributed by atoms with Gasteiger partial charge in [0.1, 0.15) is 11.8 Å². The minimum Gasteiger partial charge on any atom is -0.386 e. The van der Waals surface area contributed by atoms with Gasteiger partial charge >= 0.3 is 0 Å². The third-order valence-corrected chi connectivity index (χ3v) is 5.12. The zero-order chi connectivity index (χ0) is 15.6. The molecule has 4 heterocycles.